The first-order valence-electron chi connectivity index (χ1n) is 10.9. The van der Waals surface area contributed by atoms with Crippen molar-refractivity contribution in [3.63, 3.8) is 0 Å². The first-order chi connectivity index (χ1) is 15.9. The summed E-state index contributed by atoms with van der Waals surface area (Å²) >= 11 is 0. The van der Waals surface area contributed by atoms with Crippen LogP contribution >= 0.6 is 0 Å². The van der Waals surface area contributed by atoms with Crippen LogP contribution in [0.4, 0.5) is 4.39 Å². The first kappa shape index (κ1) is 21.6. The molecule has 174 valence electrons. The minimum Gasteiger partial charge on any atom is -0.456 e. The molecule has 11 nitrogen and oxygen atoms in total. The van der Waals surface area contributed by atoms with Gasteiger partial charge in [-0.05, 0) is 55.8 Å². The molecule has 2 aromatic heterocycles. The Bertz CT molecular complexity index is 1110. The number of halogens is 1. The van der Waals surface area contributed by atoms with Gasteiger partial charge in [-0.3, -0.25) is 4.79 Å². The molecule has 5 rings (SSSR count). The van der Waals surface area contributed by atoms with E-state index in [9.17, 15) is 19.1 Å². The molecule has 3 aliphatic rings. The second-order valence-electron chi connectivity index (χ2n) is 8.78. The number of hydrogen-bond acceptors (Lipinski definition) is 9. The van der Waals surface area contributed by atoms with Crippen molar-refractivity contribution in [2.24, 2.45) is 5.41 Å². The Balaban J connectivity index is 1.20. The molecule has 1 N–H and O–H groups in total. The van der Waals surface area contributed by atoms with Gasteiger partial charge in [0.1, 0.15) is 12.9 Å². The summed E-state index contributed by atoms with van der Waals surface area (Å²) in [6.45, 7) is 4.03. The van der Waals surface area contributed by atoms with E-state index in [1.165, 1.54) is 18.6 Å². The number of pyridine rings is 1. The lowest BCUT2D eigenvalue weighted by atomic mass is 9.77. The summed E-state index contributed by atoms with van der Waals surface area (Å²) in [5.74, 6) is -0.980. The maximum absolute atomic E-state index is 14.4. The predicted octanol–water partition coefficient (Wildman–Crippen LogP) is 0.375. The van der Waals surface area contributed by atoms with Gasteiger partial charge in [0.05, 0.1) is 22.8 Å². The van der Waals surface area contributed by atoms with Crippen LogP contribution in [0.3, 0.4) is 0 Å². The molecule has 12 heteroatoms. The van der Waals surface area contributed by atoms with Crippen LogP contribution in [0.5, 0.6) is 0 Å². The molecule has 0 saturated carbocycles. The zero-order valence-electron chi connectivity index (χ0n) is 18.1. The van der Waals surface area contributed by atoms with Crippen LogP contribution in [0.15, 0.2) is 29.9 Å². The van der Waals surface area contributed by atoms with Crippen LogP contribution in [0.2, 0.25) is 0 Å². The molecule has 1 amide bonds. The van der Waals surface area contributed by atoms with E-state index in [1.54, 1.807) is 11.8 Å². The number of hydrogen-bond donors (Lipinski definition) is 1. The summed E-state index contributed by atoms with van der Waals surface area (Å²) in [6, 6.07) is 1.24. The number of aromatic nitrogens is 5. The number of cyclic esters (lactones) is 1. The van der Waals surface area contributed by atoms with E-state index >= 15 is 0 Å². The maximum Gasteiger partial charge on any atom is 0.336 e. The van der Waals surface area contributed by atoms with Crippen molar-refractivity contribution in [3.05, 3.63) is 41.2 Å². The highest BCUT2D eigenvalue weighted by atomic mass is 19.1. The number of esters is 1. The normalized spacial score (nSPS) is 21.8. The number of tetrazole rings is 1. The topological polar surface area (TPSA) is 127 Å². The molecule has 0 aliphatic carbocycles. The van der Waals surface area contributed by atoms with Gasteiger partial charge in [-0.25, -0.2) is 14.2 Å². The van der Waals surface area contributed by atoms with Crippen molar-refractivity contribution in [1.82, 2.24) is 35.0 Å². The van der Waals surface area contributed by atoms with Crippen molar-refractivity contribution in [2.75, 3.05) is 32.8 Å². The highest BCUT2D eigenvalue weighted by Gasteiger charge is 2.50. The van der Waals surface area contributed by atoms with Gasteiger partial charge < -0.3 is 19.6 Å². The van der Waals surface area contributed by atoms with Gasteiger partial charge in [0.25, 0.3) is 0 Å². The van der Waals surface area contributed by atoms with E-state index in [0.717, 1.165) is 11.1 Å². The highest BCUT2D eigenvalue weighted by molar-refractivity contribution is 5.94. The summed E-state index contributed by atoms with van der Waals surface area (Å²) in [5.41, 5.74) is 1.11. The van der Waals surface area contributed by atoms with E-state index in [0.29, 0.717) is 55.9 Å². The third-order valence-corrected chi connectivity index (χ3v) is 6.96. The van der Waals surface area contributed by atoms with E-state index in [-0.39, 0.29) is 24.3 Å². The van der Waals surface area contributed by atoms with Gasteiger partial charge in [0.15, 0.2) is 11.6 Å². The Morgan fingerprint density at radius 2 is 2.00 bits per heavy atom. The molecule has 33 heavy (non-hydrogen) atoms. The monoisotopic (exact) mass is 457 g/mol. The molecule has 0 unspecified atom stereocenters. The Morgan fingerprint density at radius 3 is 2.64 bits per heavy atom. The van der Waals surface area contributed by atoms with Crippen LogP contribution in [-0.4, -0.2) is 84.8 Å². The Labute approximate surface area is 188 Å². The Kier molecular flexibility index (Phi) is 5.41. The van der Waals surface area contributed by atoms with Crippen molar-refractivity contribution in [3.8, 4) is 5.82 Å². The second kappa shape index (κ2) is 8.27. The first-order valence-corrected chi connectivity index (χ1v) is 10.9. The number of carbonyl (C=O) groups is 2. The van der Waals surface area contributed by atoms with Crippen LogP contribution in [0.1, 0.15) is 37.9 Å². The van der Waals surface area contributed by atoms with Crippen molar-refractivity contribution >= 4 is 11.9 Å². The second-order valence-corrected chi connectivity index (χ2v) is 8.78. The number of aliphatic hydroxyl groups excluding tert-OH is 1. The summed E-state index contributed by atoms with van der Waals surface area (Å²) in [6.07, 6.45) is 3.80. The summed E-state index contributed by atoms with van der Waals surface area (Å²) in [4.78, 5) is 32.7. The lowest BCUT2D eigenvalue weighted by molar-refractivity contribution is -0.138. The van der Waals surface area contributed by atoms with Crippen LogP contribution < -0.4 is 0 Å². The number of carbonyl (C=O) groups excluding carboxylic acids is 2. The number of nitrogens with zero attached hydrogens (tertiary/aromatic N) is 7. The Morgan fingerprint density at radius 1 is 1.24 bits per heavy atom. The van der Waals surface area contributed by atoms with Gasteiger partial charge in [-0.15, -0.1) is 5.10 Å². The summed E-state index contributed by atoms with van der Waals surface area (Å²) in [5, 5.41) is 21.2. The number of ether oxygens (including phenoxy) is 1. The van der Waals surface area contributed by atoms with Gasteiger partial charge >= 0.3 is 5.97 Å². The number of β-amino-alcohol motifs (C(OH)–C–C–N with tert-alkyl or cyclic N) is 1. The predicted molar refractivity (Wildman–Crippen MR) is 110 cm³/mol. The molecule has 0 bridgehead atoms. The molecule has 1 spiro atoms. The van der Waals surface area contributed by atoms with Crippen molar-refractivity contribution in [1.29, 1.82) is 0 Å². The average Bonchev–Trinajstić information content (AvgIpc) is 3.53. The molecular formula is C21H24FN7O4. The van der Waals surface area contributed by atoms with E-state index in [1.807, 2.05) is 0 Å². The standard InChI is InChI=1S/C21H24FN7O4/c1-13-16(11-33-19(13)31)28-7-4-21(20(28)32)2-5-27(6-3-21)10-17(30)14-8-15(22)18(23-9-14)29-12-24-25-26-29/h8-9,12,17,30H,2-7,10-11H2,1H3/t17-/m0/s1. The maximum atomic E-state index is 14.4. The van der Waals surface area contributed by atoms with Crippen LogP contribution in [0, 0.1) is 11.2 Å². The number of likely N-dealkylation sites (tertiary alicyclic amines) is 2. The highest BCUT2D eigenvalue weighted by Crippen LogP contribution is 2.43. The third-order valence-electron chi connectivity index (χ3n) is 6.96. The summed E-state index contributed by atoms with van der Waals surface area (Å²) < 4.78 is 20.6. The Hall–Kier alpha value is -3.25. The SMILES string of the molecule is CC1=C(N2CCC3(CCN(C[C@H](O)c4cnc(-n5cnnn5)c(F)c4)CC3)C2=O)COC1=O. The number of piperidine rings is 1. The van der Waals surface area contributed by atoms with Gasteiger partial charge in [0, 0.05) is 24.8 Å². The minimum atomic E-state index is -0.922. The minimum absolute atomic E-state index is 0.0418. The molecule has 2 aromatic rings. The quantitative estimate of drug-likeness (QED) is 0.634. The van der Waals surface area contributed by atoms with E-state index in [4.69, 9.17) is 4.74 Å². The average molecular weight is 457 g/mol. The van der Waals surface area contributed by atoms with Gasteiger partial charge in [-0.1, -0.05) is 0 Å². The van der Waals surface area contributed by atoms with Gasteiger partial charge in [-0.2, -0.15) is 4.68 Å². The van der Waals surface area contributed by atoms with E-state index < -0.39 is 17.3 Å². The van der Waals surface area contributed by atoms with Crippen LogP contribution in [-0.2, 0) is 14.3 Å². The number of amides is 1. The molecule has 1 atom stereocenters. The smallest absolute Gasteiger partial charge is 0.336 e. The lowest BCUT2D eigenvalue weighted by Gasteiger charge is -2.38. The number of rotatable bonds is 5. The summed E-state index contributed by atoms with van der Waals surface area (Å²) in [7, 11) is 0. The van der Waals surface area contributed by atoms with Gasteiger partial charge in [0.2, 0.25) is 5.91 Å². The van der Waals surface area contributed by atoms with Crippen LogP contribution in [0.25, 0.3) is 5.82 Å². The molecule has 2 saturated heterocycles. The fourth-order valence-corrected chi connectivity index (χ4v) is 4.86. The zero-order chi connectivity index (χ0) is 23.2. The van der Waals surface area contributed by atoms with Crippen molar-refractivity contribution in [2.45, 2.75) is 32.3 Å². The third kappa shape index (κ3) is 3.78. The molecule has 0 radical (unpaired) electrons. The molecular weight excluding hydrogens is 433 g/mol. The largest absolute Gasteiger partial charge is 0.456 e. The molecule has 2 fully saturated rings. The fourth-order valence-electron chi connectivity index (χ4n) is 4.86. The number of aliphatic hydroxyl groups is 1. The lowest BCUT2D eigenvalue weighted by Crippen LogP contribution is -2.45. The zero-order valence-corrected chi connectivity index (χ0v) is 18.1. The fraction of sp³-hybridized carbons (Fsp3) is 0.524. The van der Waals surface area contributed by atoms with E-state index in [2.05, 4.69) is 25.4 Å². The molecule has 0 aromatic carbocycles. The van der Waals surface area contributed by atoms with Crippen molar-refractivity contribution < 1.29 is 23.8 Å². The molecule has 5 heterocycles. The molecule has 3 aliphatic heterocycles.